The highest BCUT2D eigenvalue weighted by Gasteiger charge is 2.14. The number of carbonyl (C=O) groups excluding carboxylic acids is 3. The number of hydrogen-bond donors (Lipinski definition) is 1. The summed E-state index contributed by atoms with van der Waals surface area (Å²) in [6.07, 6.45) is 0. The molecule has 0 aromatic heterocycles. The van der Waals surface area contributed by atoms with Crippen LogP contribution >= 0.6 is 0 Å². The summed E-state index contributed by atoms with van der Waals surface area (Å²) in [5, 5.41) is 8.88. The Morgan fingerprint density at radius 1 is 0.750 bits per heavy atom. The Kier molecular flexibility index (Phi) is 8.54. The highest BCUT2D eigenvalue weighted by molar-refractivity contribution is 5.75. The molecule has 20 heavy (non-hydrogen) atoms. The summed E-state index contributed by atoms with van der Waals surface area (Å²) >= 11 is 0. The number of hydrogen-bond acceptors (Lipinski definition) is 4. The molecule has 7 nitrogen and oxygen atoms in total. The third kappa shape index (κ3) is 7.08. The Balaban J connectivity index is 4.36. The summed E-state index contributed by atoms with van der Waals surface area (Å²) in [5.74, 6) is -0.294. The van der Waals surface area contributed by atoms with Crippen molar-refractivity contribution in [3.05, 3.63) is 0 Å². The molecule has 0 saturated carbocycles. The number of aliphatic hydroxyl groups excluding tert-OH is 1. The second-order valence-corrected chi connectivity index (χ2v) is 4.68. The van der Waals surface area contributed by atoms with Gasteiger partial charge in [0.2, 0.25) is 17.7 Å². The number of rotatable bonds is 8. The van der Waals surface area contributed by atoms with Crippen LogP contribution in [0.2, 0.25) is 0 Å². The zero-order chi connectivity index (χ0) is 15.7. The minimum Gasteiger partial charge on any atom is -0.395 e. The van der Waals surface area contributed by atoms with Gasteiger partial charge in [0.1, 0.15) is 0 Å². The summed E-state index contributed by atoms with van der Waals surface area (Å²) in [5.41, 5.74) is 0. The van der Waals surface area contributed by atoms with E-state index in [4.69, 9.17) is 5.11 Å². The van der Waals surface area contributed by atoms with Crippen LogP contribution in [0.3, 0.4) is 0 Å². The molecule has 0 saturated heterocycles. The third-order valence-electron chi connectivity index (χ3n) is 3.14. The zero-order valence-electron chi connectivity index (χ0n) is 12.8. The lowest BCUT2D eigenvalue weighted by molar-refractivity contribution is -0.134. The molecule has 0 aromatic rings. The van der Waals surface area contributed by atoms with Gasteiger partial charge in [-0.3, -0.25) is 14.4 Å². The van der Waals surface area contributed by atoms with Gasteiger partial charge in [0, 0.05) is 60.5 Å². The molecule has 7 heteroatoms. The van der Waals surface area contributed by atoms with Crippen LogP contribution in [0.1, 0.15) is 20.8 Å². The van der Waals surface area contributed by atoms with Gasteiger partial charge in [-0.1, -0.05) is 0 Å². The van der Waals surface area contributed by atoms with Crippen LogP contribution in [0, 0.1) is 0 Å². The van der Waals surface area contributed by atoms with E-state index in [9.17, 15) is 14.4 Å². The van der Waals surface area contributed by atoms with Crippen LogP contribution in [0.5, 0.6) is 0 Å². The molecule has 0 fully saturated rings. The molecular formula is C13H25N3O4. The first-order valence-electron chi connectivity index (χ1n) is 6.63. The summed E-state index contributed by atoms with van der Waals surface area (Å²) in [6, 6.07) is 0. The van der Waals surface area contributed by atoms with Crippen LogP contribution in [0.4, 0.5) is 0 Å². The molecule has 0 aliphatic rings. The van der Waals surface area contributed by atoms with Gasteiger partial charge in [0.25, 0.3) is 0 Å². The van der Waals surface area contributed by atoms with Gasteiger partial charge in [-0.25, -0.2) is 0 Å². The van der Waals surface area contributed by atoms with E-state index in [0.29, 0.717) is 26.2 Å². The largest absolute Gasteiger partial charge is 0.395 e. The molecule has 0 atom stereocenters. The molecule has 0 aromatic carbocycles. The molecule has 3 amide bonds. The van der Waals surface area contributed by atoms with E-state index in [1.807, 2.05) is 0 Å². The topological polar surface area (TPSA) is 81.2 Å². The number of likely N-dealkylation sites (N-methyl/N-ethyl adjacent to an activating group) is 1. The van der Waals surface area contributed by atoms with E-state index in [0.717, 1.165) is 0 Å². The first kappa shape index (κ1) is 18.4. The maximum atomic E-state index is 11.5. The van der Waals surface area contributed by atoms with Crippen molar-refractivity contribution in [1.29, 1.82) is 0 Å². The first-order chi connectivity index (χ1) is 9.29. The number of carbonyl (C=O) groups is 3. The van der Waals surface area contributed by atoms with Gasteiger partial charge in [-0.05, 0) is 0 Å². The summed E-state index contributed by atoms with van der Waals surface area (Å²) in [7, 11) is 1.67. The minimum absolute atomic E-state index is 0.0563. The molecule has 0 heterocycles. The van der Waals surface area contributed by atoms with Crippen molar-refractivity contribution in [2.45, 2.75) is 20.8 Å². The normalized spacial score (nSPS) is 10.1. The second-order valence-electron chi connectivity index (χ2n) is 4.68. The molecule has 0 radical (unpaired) electrons. The second kappa shape index (κ2) is 9.30. The van der Waals surface area contributed by atoms with Crippen molar-refractivity contribution in [1.82, 2.24) is 14.7 Å². The Morgan fingerprint density at radius 2 is 1.15 bits per heavy atom. The number of nitrogens with zero attached hydrogens (tertiary/aromatic N) is 3. The van der Waals surface area contributed by atoms with Crippen molar-refractivity contribution >= 4 is 17.7 Å². The lowest BCUT2D eigenvalue weighted by Crippen LogP contribution is -2.43. The molecule has 0 aliphatic carbocycles. The Bertz CT molecular complexity index is 347. The van der Waals surface area contributed by atoms with E-state index in [1.165, 1.54) is 30.6 Å². The van der Waals surface area contributed by atoms with E-state index in [1.54, 1.807) is 11.9 Å². The molecule has 0 unspecified atom stereocenters. The summed E-state index contributed by atoms with van der Waals surface area (Å²) in [4.78, 5) is 38.6. The molecule has 0 spiro atoms. The van der Waals surface area contributed by atoms with Crippen LogP contribution in [-0.2, 0) is 14.4 Å². The maximum absolute atomic E-state index is 11.5. The minimum atomic E-state index is -0.136. The highest BCUT2D eigenvalue weighted by atomic mass is 16.3. The maximum Gasteiger partial charge on any atom is 0.219 e. The van der Waals surface area contributed by atoms with Gasteiger partial charge < -0.3 is 19.8 Å². The standard InChI is InChI=1S/C13H25N3O4/c1-11(18)14(4)5-6-15(12(2)19)7-8-16(9-10-17)13(3)20/h17H,5-10H2,1-4H3. The lowest BCUT2D eigenvalue weighted by Gasteiger charge is -2.27. The van der Waals surface area contributed by atoms with Gasteiger partial charge in [0.15, 0.2) is 0 Å². The van der Waals surface area contributed by atoms with Gasteiger partial charge in [-0.15, -0.1) is 0 Å². The van der Waals surface area contributed by atoms with Crippen molar-refractivity contribution in [3.8, 4) is 0 Å². The average Bonchev–Trinajstić information content (AvgIpc) is 2.35. The third-order valence-corrected chi connectivity index (χ3v) is 3.14. The van der Waals surface area contributed by atoms with E-state index in [-0.39, 0.29) is 30.9 Å². The molecule has 0 rings (SSSR count). The van der Waals surface area contributed by atoms with Crippen molar-refractivity contribution in [2.75, 3.05) is 46.4 Å². The SMILES string of the molecule is CC(=O)N(C)CCN(CCN(CCO)C(C)=O)C(C)=O. The van der Waals surface area contributed by atoms with Crippen LogP contribution in [0.25, 0.3) is 0 Å². The Labute approximate surface area is 120 Å². The summed E-state index contributed by atoms with van der Waals surface area (Å²) in [6.45, 7) is 6.15. The van der Waals surface area contributed by atoms with Gasteiger partial charge in [0.05, 0.1) is 6.61 Å². The molecule has 0 aliphatic heterocycles. The van der Waals surface area contributed by atoms with E-state index in [2.05, 4.69) is 0 Å². The highest BCUT2D eigenvalue weighted by Crippen LogP contribution is 1.96. The Morgan fingerprint density at radius 3 is 1.50 bits per heavy atom. The van der Waals surface area contributed by atoms with E-state index < -0.39 is 0 Å². The fourth-order valence-corrected chi connectivity index (χ4v) is 1.64. The fraction of sp³-hybridized carbons (Fsp3) is 0.769. The smallest absolute Gasteiger partial charge is 0.219 e. The van der Waals surface area contributed by atoms with Gasteiger partial charge >= 0.3 is 0 Å². The van der Waals surface area contributed by atoms with Crippen LogP contribution < -0.4 is 0 Å². The summed E-state index contributed by atoms with van der Waals surface area (Å²) < 4.78 is 0. The monoisotopic (exact) mass is 287 g/mol. The lowest BCUT2D eigenvalue weighted by atomic mass is 10.3. The molecule has 1 N–H and O–H groups in total. The first-order valence-corrected chi connectivity index (χ1v) is 6.63. The average molecular weight is 287 g/mol. The predicted octanol–water partition coefficient (Wildman–Crippen LogP) is -0.846. The van der Waals surface area contributed by atoms with E-state index >= 15 is 0 Å². The molecule has 116 valence electrons. The molecular weight excluding hydrogens is 262 g/mol. The van der Waals surface area contributed by atoms with Gasteiger partial charge in [-0.2, -0.15) is 0 Å². The van der Waals surface area contributed by atoms with Crippen molar-refractivity contribution in [3.63, 3.8) is 0 Å². The fourth-order valence-electron chi connectivity index (χ4n) is 1.64. The Hall–Kier alpha value is -1.63. The van der Waals surface area contributed by atoms with Crippen LogP contribution in [-0.4, -0.2) is 83.9 Å². The predicted molar refractivity (Wildman–Crippen MR) is 74.9 cm³/mol. The van der Waals surface area contributed by atoms with Crippen molar-refractivity contribution < 1.29 is 19.5 Å². The van der Waals surface area contributed by atoms with Crippen LogP contribution in [0.15, 0.2) is 0 Å². The van der Waals surface area contributed by atoms with Crippen molar-refractivity contribution in [2.24, 2.45) is 0 Å². The quantitative estimate of drug-likeness (QED) is 0.631. The zero-order valence-corrected chi connectivity index (χ0v) is 12.8. The molecule has 0 bridgehead atoms. The number of amides is 3. The number of aliphatic hydroxyl groups is 1.